The molecule has 0 saturated carbocycles. The molecule has 4 aromatic carbocycles. The summed E-state index contributed by atoms with van der Waals surface area (Å²) in [7, 11) is 0. The molecule has 83 heavy (non-hydrogen) atoms. The van der Waals surface area contributed by atoms with Crippen LogP contribution in [-0.4, -0.2) is 31.7 Å². The summed E-state index contributed by atoms with van der Waals surface area (Å²) in [5.41, 5.74) is 8.03. The van der Waals surface area contributed by atoms with Gasteiger partial charge in [0, 0.05) is 97.5 Å². The van der Waals surface area contributed by atoms with Crippen molar-refractivity contribution < 1.29 is 70.8 Å². The summed E-state index contributed by atoms with van der Waals surface area (Å²) in [6, 6.07) is 36.6. The third-order valence-corrected chi connectivity index (χ3v) is 19.8. The molecule has 0 amide bonds. The molecule has 11 heteroatoms. The number of aromatic nitrogens is 2. The zero-order chi connectivity index (χ0) is 59.6. The van der Waals surface area contributed by atoms with E-state index in [1.54, 1.807) is 11.3 Å². The fraction of sp³-hybridized carbons (Fsp3) is 0.444. The number of pyridine rings is 2. The average molecular weight is 1500 g/mol. The maximum atomic E-state index is 12.2. The first-order valence-corrected chi connectivity index (χ1v) is 30.3. The predicted octanol–water partition coefficient (Wildman–Crippen LogP) is 21.5. The summed E-state index contributed by atoms with van der Waals surface area (Å²) < 4.78 is 14.8. The molecule has 0 spiro atoms. The molecule has 2 N–H and O–H groups in total. The van der Waals surface area contributed by atoms with E-state index in [1.807, 2.05) is 95.2 Å². The third-order valence-electron chi connectivity index (χ3n) is 18.5. The van der Waals surface area contributed by atoms with Crippen LogP contribution >= 0.6 is 11.3 Å². The maximum Gasteiger partial charge on any atom is 0.218 e. The zero-order valence-corrected chi connectivity index (χ0v) is 57.7. The van der Waals surface area contributed by atoms with Crippen molar-refractivity contribution in [1.29, 1.82) is 0 Å². The van der Waals surface area contributed by atoms with Crippen molar-refractivity contribution >= 4 is 87.2 Å². The molecule has 5 heterocycles. The van der Waals surface area contributed by atoms with Gasteiger partial charge in [0.15, 0.2) is 11.6 Å². The first kappa shape index (κ1) is 68.6. The molecule has 9 rings (SSSR count). The second kappa shape index (κ2) is 27.0. The van der Waals surface area contributed by atoms with Crippen LogP contribution in [-0.2, 0) is 62.5 Å². The van der Waals surface area contributed by atoms with E-state index in [0.29, 0.717) is 11.4 Å². The van der Waals surface area contributed by atoms with Crippen LogP contribution in [0, 0.1) is 33.8 Å². The Morgan fingerprint density at radius 3 is 1.08 bits per heavy atom. The van der Waals surface area contributed by atoms with Gasteiger partial charge in [-0.1, -0.05) is 170 Å². The molecule has 450 valence electrons. The van der Waals surface area contributed by atoms with Gasteiger partial charge >= 0.3 is 0 Å². The smallest absolute Gasteiger partial charge is 0.218 e. The largest absolute Gasteiger partial charge is 0.512 e. The number of benzene rings is 4. The van der Waals surface area contributed by atoms with E-state index in [9.17, 15) is 19.8 Å². The number of hydrogen-bond donors (Lipinski definition) is 2. The van der Waals surface area contributed by atoms with Crippen LogP contribution in [0.25, 0.3) is 86.8 Å². The van der Waals surface area contributed by atoms with Crippen molar-refractivity contribution in [3.63, 3.8) is 0 Å². The van der Waals surface area contributed by atoms with E-state index in [1.165, 1.54) is 23.3 Å². The number of thiophene rings is 1. The van der Waals surface area contributed by atoms with E-state index < -0.39 is 0 Å². The molecule has 0 aliphatic heterocycles. The molecule has 8 nitrogen and oxygen atoms in total. The SMILES string of the molecule is CC(C)(C)c1ccc2oc3nc(-c4[c-]ccc5c4sc4c(-c6ccc7c(n6)oc6ccc(C(C)(C)C)cc67)[c-]ccc45)ccc3c2c1.CCC(C)(CC)C(=O)/C=C(\O)C(C)(CC)CC.CCC(C)(CC)C(=O)/C=C(\O)C(C)(CC)CC.[Pt].[Pt]. The number of carbonyl (C=O) groups excluding carboxylic acids is 2. The fourth-order valence-corrected chi connectivity index (χ4v) is 11.3. The summed E-state index contributed by atoms with van der Waals surface area (Å²) in [6.07, 6.45) is 9.51. The van der Waals surface area contributed by atoms with Crippen LogP contribution in [0.4, 0.5) is 0 Å². The fourth-order valence-electron chi connectivity index (χ4n) is 9.98. The summed E-state index contributed by atoms with van der Waals surface area (Å²) in [5, 5.41) is 26.8. The first-order chi connectivity index (χ1) is 38.1. The molecular formula is C72H88N2O6Pt2S-2. The molecule has 0 atom stereocenters. The van der Waals surface area contributed by atoms with Crippen molar-refractivity contribution in [3.8, 4) is 22.5 Å². The predicted molar refractivity (Wildman–Crippen MR) is 342 cm³/mol. The van der Waals surface area contributed by atoms with E-state index in [0.717, 1.165) is 127 Å². The van der Waals surface area contributed by atoms with Crippen LogP contribution in [0.2, 0.25) is 0 Å². The van der Waals surface area contributed by atoms with Gasteiger partial charge < -0.3 is 19.0 Å². The monoisotopic (exact) mass is 1500 g/mol. The molecule has 0 unspecified atom stereocenters. The summed E-state index contributed by atoms with van der Waals surface area (Å²) in [4.78, 5) is 34.4. The Morgan fingerprint density at radius 2 is 0.783 bits per heavy atom. The van der Waals surface area contributed by atoms with E-state index in [-0.39, 0.29) is 97.7 Å². The van der Waals surface area contributed by atoms with Gasteiger partial charge in [-0.25, -0.2) is 11.3 Å². The average Bonchev–Trinajstić information content (AvgIpc) is 4.36. The van der Waals surface area contributed by atoms with E-state index >= 15 is 0 Å². The first-order valence-electron chi connectivity index (χ1n) is 29.5. The third kappa shape index (κ3) is 14.1. The summed E-state index contributed by atoms with van der Waals surface area (Å²) in [5.74, 6) is 0.572. The number of furan rings is 2. The Hall–Kier alpha value is -5.20. The standard InChI is InChI=1S/C42H32N2O2S.2C15H28O2.2Pt/c1-41(2,3)23-13-19-35-31(21-23)27-15-17-33(43-39(27)45-35)29-11-7-9-25-26-10-8-12-30(38(26)47-37(25)29)34-18-16-28-32-22-24(42(4,5)6)14-20-36(32)46-40(28)44-34;2*1-7-14(5,8-2)12(16)11-13(17)15(6,9-3)10-4;;/h7-10,13-22H,1-6H3;2*11,16H,7-10H2,1-6H3;;/q-2;;;;/b;2*12-11-;;. The van der Waals surface area contributed by atoms with Crippen LogP contribution in [0.1, 0.15) is 187 Å². The molecule has 9 aromatic rings. The van der Waals surface area contributed by atoms with E-state index in [4.69, 9.17) is 18.8 Å². The van der Waals surface area contributed by atoms with Crippen LogP contribution in [0.5, 0.6) is 0 Å². The Bertz CT molecular complexity index is 3560. The molecular weight excluding hydrogens is 1410 g/mol. The maximum absolute atomic E-state index is 12.2. The van der Waals surface area contributed by atoms with Crippen molar-refractivity contribution in [2.24, 2.45) is 21.7 Å². The van der Waals surface area contributed by atoms with Crippen molar-refractivity contribution in [2.75, 3.05) is 0 Å². The Kier molecular flexibility index (Phi) is 22.3. The number of nitrogens with zero attached hydrogens (tertiary/aromatic N) is 2. The quantitative estimate of drug-likeness (QED) is 0.0556. The second-order valence-corrected chi connectivity index (χ2v) is 26.4. The van der Waals surface area contributed by atoms with Gasteiger partial charge in [-0.2, -0.15) is 0 Å². The minimum absolute atomic E-state index is 0. The Labute approximate surface area is 526 Å². The van der Waals surface area contributed by atoms with Gasteiger partial charge in [0.2, 0.25) is 11.4 Å². The second-order valence-electron chi connectivity index (χ2n) is 25.4. The number of aliphatic hydroxyl groups excluding tert-OH is 2. The molecule has 0 aliphatic rings. The number of ketones is 2. The summed E-state index contributed by atoms with van der Waals surface area (Å²) in [6.45, 7) is 37.5. The molecule has 0 fully saturated rings. The van der Waals surface area contributed by atoms with Gasteiger partial charge in [0.05, 0.1) is 0 Å². The molecule has 0 saturated heterocycles. The van der Waals surface area contributed by atoms with Crippen LogP contribution in [0.3, 0.4) is 0 Å². The number of rotatable bonds is 16. The van der Waals surface area contributed by atoms with Gasteiger partial charge in [0.25, 0.3) is 0 Å². The van der Waals surface area contributed by atoms with Crippen molar-refractivity contribution in [1.82, 2.24) is 9.97 Å². The Morgan fingerprint density at radius 1 is 0.458 bits per heavy atom. The van der Waals surface area contributed by atoms with Gasteiger partial charge in [-0.05, 0) is 109 Å². The number of carbonyl (C=O) groups is 2. The zero-order valence-electron chi connectivity index (χ0n) is 52.4. The minimum atomic E-state index is -0.337. The van der Waals surface area contributed by atoms with Gasteiger partial charge in [0.1, 0.15) is 22.7 Å². The van der Waals surface area contributed by atoms with Crippen molar-refractivity contribution in [2.45, 2.75) is 187 Å². The normalized spacial score (nSPS) is 13.0. The molecule has 0 aliphatic carbocycles. The Balaban J connectivity index is 0.000000292. The molecule has 0 bridgehead atoms. The number of allylic oxidation sites excluding steroid dienone is 4. The van der Waals surface area contributed by atoms with Gasteiger partial charge in [-0.15, -0.1) is 58.3 Å². The van der Waals surface area contributed by atoms with Crippen molar-refractivity contribution in [3.05, 3.63) is 132 Å². The topological polar surface area (TPSA) is 127 Å². The van der Waals surface area contributed by atoms with Crippen LogP contribution < -0.4 is 0 Å². The number of hydrogen-bond acceptors (Lipinski definition) is 9. The molecule has 5 aromatic heterocycles. The molecule has 0 radical (unpaired) electrons. The minimum Gasteiger partial charge on any atom is -0.512 e. The van der Waals surface area contributed by atoms with Crippen LogP contribution in [0.15, 0.2) is 117 Å². The van der Waals surface area contributed by atoms with Gasteiger partial charge in [-0.3, -0.25) is 19.6 Å². The van der Waals surface area contributed by atoms with E-state index in [2.05, 4.69) is 126 Å². The summed E-state index contributed by atoms with van der Waals surface area (Å²) >= 11 is 1.73. The number of aliphatic hydroxyl groups is 2. The number of fused-ring (bicyclic) bond motifs is 9.